The van der Waals surface area contributed by atoms with Crippen LogP contribution in [0.1, 0.15) is 40.0 Å². The maximum absolute atomic E-state index is 5.27. The Hall–Kier alpha value is 0.620. The van der Waals surface area contributed by atoms with Gasteiger partial charge in [-0.15, -0.1) is 0 Å². The number of rotatable bonds is 9. The highest BCUT2D eigenvalue weighted by atomic mass is 32.2. The van der Waals surface area contributed by atoms with Crippen LogP contribution in [0.3, 0.4) is 0 Å². The Labute approximate surface area is 128 Å². The van der Waals surface area contributed by atoms with Gasteiger partial charge in [0.2, 0.25) is 0 Å². The maximum Gasteiger partial charge on any atom is 0.0465 e. The summed E-state index contributed by atoms with van der Waals surface area (Å²) in [6.07, 6.45) is 3.68. The van der Waals surface area contributed by atoms with Gasteiger partial charge in [0, 0.05) is 41.8 Å². The zero-order valence-corrected chi connectivity index (χ0v) is 14.6. The lowest BCUT2D eigenvalue weighted by Gasteiger charge is -2.39. The van der Waals surface area contributed by atoms with Crippen LogP contribution in [0, 0.1) is 5.92 Å². The fourth-order valence-corrected chi connectivity index (χ4v) is 6.10. The molecule has 1 fully saturated rings. The molecule has 19 heavy (non-hydrogen) atoms. The predicted octanol–water partition coefficient (Wildman–Crippen LogP) is 3.65. The number of nitrogens with one attached hydrogen (secondary N) is 1. The molecule has 0 aromatic heterocycles. The molecule has 0 radical (unpaired) electrons. The molecule has 0 spiro atoms. The van der Waals surface area contributed by atoms with Crippen molar-refractivity contribution in [2.24, 2.45) is 5.92 Å². The van der Waals surface area contributed by atoms with Crippen molar-refractivity contribution in [2.45, 2.75) is 56.6 Å². The molecule has 1 saturated heterocycles. The maximum atomic E-state index is 5.27. The van der Waals surface area contributed by atoms with E-state index in [-0.39, 0.29) is 0 Å². The van der Waals surface area contributed by atoms with Crippen LogP contribution in [0.2, 0.25) is 0 Å². The predicted molar refractivity (Wildman–Crippen MR) is 90.5 cm³/mol. The molecule has 0 aliphatic carbocycles. The van der Waals surface area contributed by atoms with E-state index in [0.717, 1.165) is 30.1 Å². The van der Waals surface area contributed by atoms with Crippen molar-refractivity contribution < 1.29 is 4.74 Å². The lowest BCUT2D eigenvalue weighted by atomic mass is 9.93. The Balaban J connectivity index is 2.63. The van der Waals surface area contributed by atoms with Gasteiger partial charge in [-0.2, -0.15) is 23.5 Å². The number of thioether (sulfide) groups is 2. The first-order valence-electron chi connectivity index (χ1n) is 7.70. The van der Waals surface area contributed by atoms with Crippen molar-refractivity contribution >= 4 is 23.5 Å². The molecule has 2 nitrogen and oxygen atoms in total. The molecule has 0 amide bonds. The summed E-state index contributed by atoms with van der Waals surface area (Å²) in [5, 5.41) is 5.41. The monoisotopic (exact) mass is 305 g/mol. The van der Waals surface area contributed by atoms with E-state index in [0.29, 0.717) is 12.0 Å². The van der Waals surface area contributed by atoms with Crippen LogP contribution in [-0.4, -0.2) is 48.3 Å². The third-order valence-electron chi connectivity index (χ3n) is 3.87. The van der Waals surface area contributed by atoms with Gasteiger partial charge in [0.15, 0.2) is 0 Å². The second kappa shape index (κ2) is 10.4. The highest BCUT2D eigenvalue weighted by Crippen LogP contribution is 2.37. The lowest BCUT2D eigenvalue weighted by Crippen LogP contribution is -2.49. The van der Waals surface area contributed by atoms with Crippen LogP contribution in [0.15, 0.2) is 0 Å². The van der Waals surface area contributed by atoms with Gasteiger partial charge in [-0.05, 0) is 31.7 Å². The van der Waals surface area contributed by atoms with Gasteiger partial charge < -0.3 is 10.1 Å². The van der Waals surface area contributed by atoms with Crippen molar-refractivity contribution in [1.82, 2.24) is 5.32 Å². The molecule has 4 atom stereocenters. The zero-order valence-electron chi connectivity index (χ0n) is 13.0. The van der Waals surface area contributed by atoms with Gasteiger partial charge >= 0.3 is 0 Å². The summed E-state index contributed by atoms with van der Waals surface area (Å²) in [5.41, 5.74) is 0. The molecule has 0 bridgehead atoms. The lowest BCUT2D eigenvalue weighted by molar-refractivity contribution is 0.169. The van der Waals surface area contributed by atoms with Crippen molar-refractivity contribution in [1.29, 1.82) is 0 Å². The van der Waals surface area contributed by atoms with Crippen LogP contribution in [0.4, 0.5) is 0 Å². The topological polar surface area (TPSA) is 21.3 Å². The van der Waals surface area contributed by atoms with Crippen molar-refractivity contribution in [3.05, 3.63) is 0 Å². The molecule has 1 aliphatic heterocycles. The second-order valence-electron chi connectivity index (χ2n) is 5.39. The molecule has 0 aromatic rings. The molecule has 4 heteroatoms. The first-order valence-corrected chi connectivity index (χ1v) is 9.79. The summed E-state index contributed by atoms with van der Waals surface area (Å²) in [4.78, 5) is 0. The number of methoxy groups -OCH3 is 1. The summed E-state index contributed by atoms with van der Waals surface area (Å²) in [6.45, 7) is 9.00. The Morgan fingerprint density at radius 2 is 2.00 bits per heavy atom. The van der Waals surface area contributed by atoms with E-state index in [1.54, 1.807) is 7.11 Å². The van der Waals surface area contributed by atoms with E-state index < -0.39 is 0 Å². The van der Waals surface area contributed by atoms with Crippen LogP contribution >= 0.6 is 23.5 Å². The van der Waals surface area contributed by atoms with Gasteiger partial charge in [0.05, 0.1) is 0 Å². The molecule has 1 rings (SSSR count). The minimum atomic E-state index is 0.637. The minimum absolute atomic E-state index is 0.637. The van der Waals surface area contributed by atoms with E-state index in [1.807, 2.05) is 0 Å². The smallest absolute Gasteiger partial charge is 0.0465 e. The van der Waals surface area contributed by atoms with Crippen molar-refractivity contribution in [3.8, 4) is 0 Å². The van der Waals surface area contributed by atoms with Crippen molar-refractivity contribution in [3.63, 3.8) is 0 Å². The molecule has 1 aliphatic rings. The summed E-state index contributed by atoms with van der Waals surface area (Å²) in [7, 11) is 1.81. The molecular formula is C15H31NOS2. The third kappa shape index (κ3) is 5.86. The second-order valence-corrected chi connectivity index (χ2v) is 8.02. The van der Waals surface area contributed by atoms with Gasteiger partial charge in [-0.1, -0.05) is 20.8 Å². The Kier molecular flexibility index (Phi) is 9.64. The number of hydrogen-bond donors (Lipinski definition) is 1. The molecule has 4 unspecified atom stereocenters. The molecule has 0 aromatic carbocycles. The van der Waals surface area contributed by atoms with Crippen LogP contribution in [0.5, 0.6) is 0 Å². The molecular weight excluding hydrogens is 274 g/mol. The standard InChI is InChI=1S/C15H31NOS2/c1-5-8-16-14(12(3)7-9-17-4)15-13(6-2)18-10-11-19-15/h12-16H,5-11H2,1-4H3. The highest BCUT2D eigenvalue weighted by Gasteiger charge is 2.34. The Morgan fingerprint density at radius 3 is 2.63 bits per heavy atom. The van der Waals surface area contributed by atoms with E-state index >= 15 is 0 Å². The Morgan fingerprint density at radius 1 is 1.26 bits per heavy atom. The quantitative estimate of drug-likeness (QED) is 0.701. The van der Waals surface area contributed by atoms with Crippen LogP contribution < -0.4 is 5.32 Å². The largest absolute Gasteiger partial charge is 0.385 e. The van der Waals surface area contributed by atoms with Gasteiger partial charge in [-0.3, -0.25) is 0 Å². The normalized spacial score (nSPS) is 27.2. The summed E-state index contributed by atoms with van der Waals surface area (Å²) in [5.74, 6) is 3.33. The zero-order chi connectivity index (χ0) is 14.1. The van der Waals surface area contributed by atoms with E-state index in [9.17, 15) is 0 Å². The Bertz CT molecular complexity index is 228. The van der Waals surface area contributed by atoms with Crippen LogP contribution in [0.25, 0.3) is 0 Å². The molecule has 1 N–H and O–H groups in total. The van der Waals surface area contributed by atoms with E-state index in [4.69, 9.17) is 4.74 Å². The summed E-state index contributed by atoms with van der Waals surface area (Å²) < 4.78 is 5.27. The SMILES string of the molecule is CCCNC(C(C)CCOC)C1SCCSC1CC. The van der Waals surface area contributed by atoms with Crippen molar-refractivity contribution in [2.75, 3.05) is 31.8 Å². The average molecular weight is 306 g/mol. The van der Waals surface area contributed by atoms with Gasteiger partial charge in [0.1, 0.15) is 0 Å². The first kappa shape index (κ1) is 17.7. The third-order valence-corrected chi connectivity index (χ3v) is 7.24. The fraction of sp³-hybridized carbons (Fsp3) is 1.00. The first-order chi connectivity index (χ1) is 9.24. The molecule has 1 heterocycles. The molecule has 0 saturated carbocycles. The average Bonchev–Trinajstić information content (AvgIpc) is 2.45. The fourth-order valence-electron chi connectivity index (χ4n) is 2.71. The summed E-state index contributed by atoms with van der Waals surface area (Å²) >= 11 is 4.37. The van der Waals surface area contributed by atoms with Gasteiger partial charge in [-0.25, -0.2) is 0 Å². The number of ether oxygens (including phenoxy) is 1. The van der Waals surface area contributed by atoms with E-state index in [1.165, 1.54) is 24.3 Å². The molecule has 114 valence electrons. The van der Waals surface area contributed by atoms with Crippen LogP contribution in [-0.2, 0) is 4.74 Å². The number of hydrogen-bond acceptors (Lipinski definition) is 4. The summed E-state index contributed by atoms with van der Waals surface area (Å²) in [6, 6.07) is 0.637. The van der Waals surface area contributed by atoms with E-state index in [2.05, 4.69) is 49.6 Å². The highest BCUT2D eigenvalue weighted by molar-refractivity contribution is 8.07. The minimum Gasteiger partial charge on any atom is -0.385 e. The van der Waals surface area contributed by atoms with Gasteiger partial charge in [0.25, 0.3) is 0 Å².